The molecule has 1 aromatic heterocycles. The summed E-state index contributed by atoms with van der Waals surface area (Å²) in [5, 5.41) is 12.5. The Kier molecular flexibility index (Phi) is 4.82. The van der Waals surface area contributed by atoms with Crippen LogP contribution in [-0.4, -0.2) is 24.1 Å². The lowest BCUT2D eigenvalue weighted by molar-refractivity contribution is 0.0697. The second-order valence-corrected chi connectivity index (χ2v) is 5.88. The van der Waals surface area contributed by atoms with Gasteiger partial charge < -0.3 is 15.2 Å². The number of carboxylic acids is 1. The molecule has 2 aromatic rings. The van der Waals surface area contributed by atoms with Gasteiger partial charge in [-0.2, -0.15) is 0 Å². The van der Waals surface area contributed by atoms with E-state index in [0.717, 1.165) is 10.4 Å². The van der Waals surface area contributed by atoms with Crippen LogP contribution in [0.15, 0.2) is 24.3 Å². The minimum Gasteiger partial charge on any atom is -0.496 e. The number of carbonyl (C=O) groups is 2. The molecule has 6 heteroatoms. The number of methoxy groups -OCH3 is 1. The largest absolute Gasteiger partial charge is 0.496 e. The molecule has 0 bridgehead atoms. The molecule has 0 aliphatic rings. The molecule has 116 valence electrons. The van der Waals surface area contributed by atoms with Gasteiger partial charge in [-0.1, -0.05) is 19.1 Å². The van der Waals surface area contributed by atoms with Gasteiger partial charge in [-0.25, -0.2) is 4.79 Å². The number of aryl methyl sites for hydroxylation is 1. The zero-order chi connectivity index (χ0) is 16.3. The monoisotopic (exact) mass is 319 g/mol. The van der Waals surface area contributed by atoms with Crippen LogP contribution in [0.2, 0.25) is 0 Å². The van der Waals surface area contributed by atoms with E-state index in [1.165, 1.54) is 18.4 Å². The Morgan fingerprint density at radius 3 is 2.59 bits per heavy atom. The van der Waals surface area contributed by atoms with Crippen LogP contribution in [0.25, 0.3) is 0 Å². The fraction of sp³-hybridized carbons (Fsp3) is 0.250. The lowest BCUT2D eigenvalue weighted by Crippen LogP contribution is -2.14. The number of hydrogen-bond acceptors (Lipinski definition) is 4. The van der Waals surface area contributed by atoms with Crippen molar-refractivity contribution < 1.29 is 19.4 Å². The van der Waals surface area contributed by atoms with E-state index in [9.17, 15) is 14.7 Å². The van der Waals surface area contributed by atoms with Crippen molar-refractivity contribution in [1.29, 1.82) is 0 Å². The van der Waals surface area contributed by atoms with Crippen molar-refractivity contribution in [3.8, 4) is 5.75 Å². The van der Waals surface area contributed by atoms with Crippen molar-refractivity contribution in [1.82, 2.24) is 0 Å². The number of amides is 1. The highest BCUT2D eigenvalue weighted by molar-refractivity contribution is 7.16. The van der Waals surface area contributed by atoms with Gasteiger partial charge in [-0.15, -0.1) is 11.3 Å². The van der Waals surface area contributed by atoms with Crippen LogP contribution in [-0.2, 0) is 6.42 Å². The first-order valence-electron chi connectivity index (χ1n) is 6.79. The maximum absolute atomic E-state index is 12.4. The second kappa shape index (κ2) is 6.62. The first-order valence-corrected chi connectivity index (χ1v) is 7.61. The van der Waals surface area contributed by atoms with Gasteiger partial charge in [0.25, 0.3) is 5.91 Å². The van der Waals surface area contributed by atoms with Crippen molar-refractivity contribution in [2.75, 3.05) is 12.4 Å². The molecule has 1 aromatic carbocycles. The minimum absolute atomic E-state index is 0.174. The molecule has 0 atom stereocenters. The summed E-state index contributed by atoms with van der Waals surface area (Å²) in [4.78, 5) is 24.8. The normalized spacial score (nSPS) is 10.3. The molecule has 1 heterocycles. The molecule has 0 radical (unpaired) electrons. The Bertz CT molecular complexity index is 721. The number of thiophene rings is 1. The second-order valence-electron chi connectivity index (χ2n) is 4.65. The zero-order valence-corrected chi connectivity index (χ0v) is 13.4. The quantitative estimate of drug-likeness (QED) is 0.883. The van der Waals surface area contributed by atoms with Crippen LogP contribution in [0.5, 0.6) is 5.75 Å². The third kappa shape index (κ3) is 2.96. The van der Waals surface area contributed by atoms with Gasteiger partial charge in [0.2, 0.25) is 0 Å². The summed E-state index contributed by atoms with van der Waals surface area (Å²) in [6, 6.07) is 6.81. The number of carbonyl (C=O) groups excluding carboxylic acids is 1. The maximum atomic E-state index is 12.4. The number of benzene rings is 1. The van der Waals surface area contributed by atoms with Crippen molar-refractivity contribution in [3.63, 3.8) is 0 Å². The SMILES string of the molecule is CCc1c(C)sc(NC(=O)c2ccccc2OC)c1C(=O)O. The van der Waals surface area contributed by atoms with Gasteiger partial charge in [-0.3, -0.25) is 4.79 Å². The van der Waals surface area contributed by atoms with Crippen LogP contribution < -0.4 is 10.1 Å². The Hall–Kier alpha value is -2.34. The minimum atomic E-state index is -1.03. The molecule has 5 nitrogen and oxygen atoms in total. The average molecular weight is 319 g/mol. The molecule has 22 heavy (non-hydrogen) atoms. The molecule has 0 spiro atoms. The van der Waals surface area contributed by atoms with Crippen LogP contribution in [0.3, 0.4) is 0 Å². The van der Waals surface area contributed by atoms with Crippen LogP contribution >= 0.6 is 11.3 Å². The third-order valence-corrected chi connectivity index (χ3v) is 4.42. The van der Waals surface area contributed by atoms with Gasteiger partial charge in [0.15, 0.2) is 0 Å². The summed E-state index contributed by atoms with van der Waals surface area (Å²) in [6.45, 7) is 3.75. The molecular formula is C16H17NO4S. The third-order valence-electron chi connectivity index (χ3n) is 3.36. The van der Waals surface area contributed by atoms with E-state index in [4.69, 9.17) is 4.74 Å². The smallest absolute Gasteiger partial charge is 0.339 e. The van der Waals surface area contributed by atoms with Gasteiger partial charge in [0, 0.05) is 4.88 Å². The topological polar surface area (TPSA) is 75.6 Å². The summed E-state index contributed by atoms with van der Waals surface area (Å²) in [5.41, 5.74) is 1.30. The molecule has 0 aliphatic carbocycles. The predicted molar refractivity (Wildman–Crippen MR) is 86.3 cm³/mol. The number of aromatic carboxylic acids is 1. The predicted octanol–water partition coefficient (Wildman–Crippen LogP) is 3.58. The average Bonchev–Trinajstić information content (AvgIpc) is 2.82. The lowest BCUT2D eigenvalue weighted by atomic mass is 10.1. The molecule has 2 N–H and O–H groups in total. The molecular weight excluding hydrogens is 302 g/mol. The number of anilines is 1. The number of para-hydroxylation sites is 1. The summed E-state index contributed by atoms with van der Waals surface area (Å²) in [5.74, 6) is -0.971. The standard InChI is InChI=1S/C16H17NO4S/c1-4-10-9(2)22-15(13(10)16(19)20)17-14(18)11-7-5-6-8-12(11)21-3/h5-8H,4H2,1-3H3,(H,17,18)(H,19,20). The molecule has 0 fully saturated rings. The van der Waals surface area contributed by atoms with Gasteiger partial charge in [0.05, 0.1) is 18.2 Å². The molecule has 0 aliphatic heterocycles. The zero-order valence-electron chi connectivity index (χ0n) is 12.6. The number of rotatable bonds is 5. The summed E-state index contributed by atoms with van der Waals surface area (Å²) < 4.78 is 5.16. The molecule has 0 saturated heterocycles. The van der Waals surface area contributed by atoms with Crippen molar-refractivity contribution >= 4 is 28.2 Å². The highest BCUT2D eigenvalue weighted by atomic mass is 32.1. The van der Waals surface area contributed by atoms with E-state index in [1.54, 1.807) is 24.3 Å². The molecule has 0 saturated carbocycles. The van der Waals surface area contributed by atoms with Crippen LogP contribution in [0.1, 0.15) is 38.1 Å². The summed E-state index contributed by atoms with van der Waals surface area (Å²) in [7, 11) is 1.49. The van der Waals surface area contributed by atoms with Crippen molar-refractivity contribution in [2.45, 2.75) is 20.3 Å². The van der Waals surface area contributed by atoms with E-state index in [1.807, 2.05) is 13.8 Å². The number of carboxylic acid groups (broad SMARTS) is 1. The molecule has 1 amide bonds. The number of hydrogen-bond donors (Lipinski definition) is 2. The maximum Gasteiger partial charge on any atom is 0.339 e. The van der Waals surface area contributed by atoms with Gasteiger partial charge >= 0.3 is 5.97 Å². The highest BCUT2D eigenvalue weighted by Crippen LogP contribution is 2.34. The lowest BCUT2D eigenvalue weighted by Gasteiger charge is -2.08. The molecule has 2 rings (SSSR count). The van der Waals surface area contributed by atoms with Crippen LogP contribution in [0.4, 0.5) is 5.00 Å². The Labute approximate surface area is 132 Å². The fourth-order valence-corrected chi connectivity index (χ4v) is 3.45. The van der Waals surface area contributed by atoms with Gasteiger partial charge in [-0.05, 0) is 31.0 Å². The van der Waals surface area contributed by atoms with Crippen LogP contribution in [0, 0.1) is 6.92 Å². The van der Waals surface area contributed by atoms with E-state index in [-0.39, 0.29) is 11.5 Å². The summed E-state index contributed by atoms with van der Waals surface area (Å²) in [6.07, 6.45) is 0.606. The number of ether oxygens (including phenoxy) is 1. The van der Waals surface area contributed by atoms with Crippen molar-refractivity contribution in [2.24, 2.45) is 0 Å². The van der Waals surface area contributed by atoms with E-state index >= 15 is 0 Å². The highest BCUT2D eigenvalue weighted by Gasteiger charge is 2.23. The number of nitrogens with one attached hydrogen (secondary N) is 1. The van der Waals surface area contributed by atoms with E-state index < -0.39 is 5.97 Å². The first-order chi connectivity index (χ1) is 10.5. The van der Waals surface area contributed by atoms with E-state index in [0.29, 0.717) is 22.7 Å². The Morgan fingerprint density at radius 2 is 2.00 bits per heavy atom. The Morgan fingerprint density at radius 1 is 1.32 bits per heavy atom. The van der Waals surface area contributed by atoms with Gasteiger partial charge in [0.1, 0.15) is 10.8 Å². The fourth-order valence-electron chi connectivity index (χ4n) is 2.32. The van der Waals surface area contributed by atoms with Crippen molar-refractivity contribution in [3.05, 3.63) is 45.8 Å². The Balaban J connectivity index is 2.39. The first kappa shape index (κ1) is 16.0. The summed E-state index contributed by atoms with van der Waals surface area (Å²) >= 11 is 1.28. The molecule has 0 unspecified atom stereocenters. The van der Waals surface area contributed by atoms with E-state index in [2.05, 4.69) is 5.32 Å².